The van der Waals surface area contributed by atoms with Gasteiger partial charge in [0.15, 0.2) is 5.96 Å². The zero-order chi connectivity index (χ0) is 22.1. The molecule has 2 unspecified atom stereocenters. The van der Waals surface area contributed by atoms with Gasteiger partial charge in [-0.2, -0.15) is 0 Å². The molecule has 2 heterocycles. The summed E-state index contributed by atoms with van der Waals surface area (Å²) in [4.78, 5) is 9.54. The summed E-state index contributed by atoms with van der Waals surface area (Å²) in [7, 11) is 0. The third-order valence-corrected chi connectivity index (χ3v) is 6.10. The lowest BCUT2D eigenvalue weighted by atomic mass is 10.0. The standard InChI is InChI=1S/C24H41N5O2.HI/c1-4-25-23(27-18-24(3,30)19-28-13-15-31-16-14-28)26-17-22(29-11-5-6-12-29)21-9-7-20(2)8-10-21;/h7-10,22,30H,4-6,11-19H2,1-3H3,(H2,25,26,27);1H. The molecule has 3 rings (SSSR count). The molecule has 0 bridgehead atoms. The minimum absolute atomic E-state index is 0. The van der Waals surface area contributed by atoms with Crippen molar-refractivity contribution in [3.8, 4) is 0 Å². The molecule has 0 amide bonds. The van der Waals surface area contributed by atoms with Crippen LogP contribution >= 0.6 is 24.0 Å². The number of likely N-dealkylation sites (tertiary alicyclic amines) is 1. The predicted molar refractivity (Wildman–Crippen MR) is 142 cm³/mol. The van der Waals surface area contributed by atoms with Crippen molar-refractivity contribution in [3.63, 3.8) is 0 Å². The minimum atomic E-state index is -0.870. The van der Waals surface area contributed by atoms with Gasteiger partial charge in [-0.05, 0) is 52.3 Å². The van der Waals surface area contributed by atoms with Gasteiger partial charge in [0.2, 0.25) is 0 Å². The van der Waals surface area contributed by atoms with Crippen LogP contribution in [0, 0.1) is 6.92 Å². The van der Waals surface area contributed by atoms with Crippen LogP contribution in [0.1, 0.15) is 43.9 Å². The fourth-order valence-corrected chi connectivity index (χ4v) is 4.38. The number of nitrogens with one attached hydrogen (secondary N) is 2. The first-order valence-electron chi connectivity index (χ1n) is 11.8. The van der Waals surface area contributed by atoms with Gasteiger partial charge in [0, 0.05) is 32.7 Å². The summed E-state index contributed by atoms with van der Waals surface area (Å²) in [5.41, 5.74) is 1.76. The van der Waals surface area contributed by atoms with Crippen molar-refractivity contribution < 1.29 is 9.84 Å². The summed E-state index contributed by atoms with van der Waals surface area (Å²) in [5.74, 6) is 0.765. The third kappa shape index (κ3) is 8.78. The topological polar surface area (TPSA) is 72.4 Å². The Morgan fingerprint density at radius 3 is 2.41 bits per heavy atom. The molecule has 2 saturated heterocycles. The molecule has 182 valence electrons. The van der Waals surface area contributed by atoms with E-state index in [1.54, 1.807) is 0 Å². The van der Waals surface area contributed by atoms with Gasteiger partial charge in [0.25, 0.3) is 0 Å². The first-order valence-corrected chi connectivity index (χ1v) is 11.8. The number of rotatable bonds is 9. The summed E-state index contributed by atoms with van der Waals surface area (Å²) in [6, 6.07) is 9.20. The quantitative estimate of drug-likeness (QED) is 0.245. The molecule has 2 fully saturated rings. The molecule has 8 heteroatoms. The number of β-amino-alcohol motifs (C(OH)–C–C–N with tert-alkyl or cyclic N) is 1. The molecule has 0 aliphatic carbocycles. The molecule has 0 radical (unpaired) electrons. The van der Waals surface area contributed by atoms with Gasteiger partial charge in [-0.1, -0.05) is 29.8 Å². The Labute approximate surface area is 211 Å². The highest BCUT2D eigenvalue weighted by Gasteiger charge is 2.26. The highest BCUT2D eigenvalue weighted by atomic mass is 127. The van der Waals surface area contributed by atoms with E-state index < -0.39 is 5.60 Å². The molecule has 0 saturated carbocycles. The molecule has 7 nitrogen and oxygen atoms in total. The fourth-order valence-electron chi connectivity index (χ4n) is 4.38. The number of guanidine groups is 1. The normalized spacial score (nSPS) is 20.9. The van der Waals surface area contributed by atoms with Gasteiger partial charge in [-0.3, -0.25) is 14.8 Å². The van der Waals surface area contributed by atoms with Crippen LogP contribution in [0.25, 0.3) is 0 Å². The van der Waals surface area contributed by atoms with Crippen molar-refractivity contribution in [3.05, 3.63) is 35.4 Å². The van der Waals surface area contributed by atoms with E-state index in [0.29, 0.717) is 19.1 Å². The maximum atomic E-state index is 10.9. The van der Waals surface area contributed by atoms with E-state index in [1.807, 2.05) is 6.92 Å². The van der Waals surface area contributed by atoms with Crippen molar-refractivity contribution in [2.45, 2.75) is 45.3 Å². The fraction of sp³-hybridized carbons (Fsp3) is 0.708. The Hall–Kier alpha value is -0.940. The Morgan fingerprint density at radius 1 is 1.12 bits per heavy atom. The predicted octanol–water partition coefficient (Wildman–Crippen LogP) is 2.39. The molecule has 0 aromatic heterocycles. The number of aryl methyl sites for hydroxylation is 1. The lowest BCUT2D eigenvalue weighted by Gasteiger charge is -2.33. The number of aliphatic hydroxyl groups is 1. The minimum Gasteiger partial charge on any atom is -0.387 e. The van der Waals surface area contributed by atoms with Gasteiger partial charge < -0.3 is 20.5 Å². The van der Waals surface area contributed by atoms with E-state index in [9.17, 15) is 5.11 Å². The third-order valence-electron chi connectivity index (χ3n) is 6.10. The Balaban J connectivity index is 0.00000363. The number of hydrogen-bond donors (Lipinski definition) is 3. The molecular weight excluding hydrogens is 517 g/mol. The summed E-state index contributed by atoms with van der Waals surface area (Å²) in [5, 5.41) is 17.8. The van der Waals surface area contributed by atoms with Crippen LogP contribution < -0.4 is 10.6 Å². The van der Waals surface area contributed by atoms with Crippen LogP contribution in [0.3, 0.4) is 0 Å². The summed E-state index contributed by atoms with van der Waals surface area (Å²) < 4.78 is 5.41. The van der Waals surface area contributed by atoms with Crippen LogP contribution in [-0.4, -0.2) is 92.0 Å². The van der Waals surface area contributed by atoms with E-state index in [4.69, 9.17) is 9.73 Å². The molecule has 32 heavy (non-hydrogen) atoms. The number of morpholine rings is 1. The average molecular weight is 560 g/mol. The first kappa shape index (κ1) is 27.3. The Bertz CT molecular complexity index is 686. The van der Waals surface area contributed by atoms with Crippen molar-refractivity contribution in [2.24, 2.45) is 4.99 Å². The lowest BCUT2D eigenvalue weighted by Crippen LogP contribution is -2.48. The second-order valence-corrected chi connectivity index (χ2v) is 9.13. The second-order valence-electron chi connectivity index (χ2n) is 9.13. The Kier molecular flexibility index (Phi) is 11.7. The molecule has 3 N–H and O–H groups in total. The summed E-state index contributed by atoms with van der Waals surface area (Å²) >= 11 is 0. The molecule has 1 aromatic rings. The number of hydrogen-bond acceptors (Lipinski definition) is 5. The average Bonchev–Trinajstić information content (AvgIpc) is 3.28. The highest BCUT2D eigenvalue weighted by molar-refractivity contribution is 14.0. The SMILES string of the molecule is CCNC(=NCC(C)(O)CN1CCOCC1)NCC(c1ccc(C)cc1)N1CCCC1.I. The highest BCUT2D eigenvalue weighted by Crippen LogP contribution is 2.25. The monoisotopic (exact) mass is 559 g/mol. The molecule has 1 aromatic carbocycles. The van der Waals surface area contributed by atoms with Crippen molar-refractivity contribution in [1.82, 2.24) is 20.4 Å². The van der Waals surface area contributed by atoms with Gasteiger partial charge in [-0.25, -0.2) is 0 Å². The van der Waals surface area contributed by atoms with Crippen LogP contribution in [0.2, 0.25) is 0 Å². The van der Waals surface area contributed by atoms with E-state index >= 15 is 0 Å². The number of halogens is 1. The number of nitrogens with zero attached hydrogens (tertiary/aromatic N) is 3. The molecule has 2 aliphatic rings. The van der Waals surface area contributed by atoms with Crippen LogP contribution in [-0.2, 0) is 4.74 Å². The van der Waals surface area contributed by atoms with Gasteiger partial charge >= 0.3 is 0 Å². The number of ether oxygens (including phenoxy) is 1. The summed E-state index contributed by atoms with van der Waals surface area (Å²) in [6.45, 7) is 14.1. The maximum Gasteiger partial charge on any atom is 0.191 e. The van der Waals surface area contributed by atoms with Gasteiger partial charge in [0.1, 0.15) is 0 Å². The molecular formula is C24H42IN5O2. The van der Waals surface area contributed by atoms with Crippen LogP contribution in [0.15, 0.2) is 29.3 Å². The van der Waals surface area contributed by atoms with E-state index in [1.165, 1.54) is 24.0 Å². The van der Waals surface area contributed by atoms with E-state index in [-0.39, 0.29) is 24.0 Å². The van der Waals surface area contributed by atoms with Crippen molar-refractivity contribution in [1.29, 1.82) is 0 Å². The number of aliphatic imine (C=N–C) groups is 1. The molecule has 2 aliphatic heterocycles. The largest absolute Gasteiger partial charge is 0.387 e. The molecule has 0 spiro atoms. The van der Waals surface area contributed by atoms with E-state index in [2.05, 4.69) is 58.5 Å². The van der Waals surface area contributed by atoms with Crippen molar-refractivity contribution >= 4 is 29.9 Å². The lowest BCUT2D eigenvalue weighted by molar-refractivity contribution is -0.0180. The zero-order valence-corrected chi connectivity index (χ0v) is 22.3. The van der Waals surface area contributed by atoms with Gasteiger partial charge in [-0.15, -0.1) is 24.0 Å². The van der Waals surface area contributed by atoms with E-state index in [0.717, 1.165) is 58.4 Å². The Morgan fingerprint density at radius 2 is 1.78 bits per heavy atom. The van der Waals surface area contributed by atoms with Crippen molar-refractivity contribution in [2.75, 3.05) is 65.6 Å². The van der Waals surface area contributed by atoms with Gasteiger partial charge in [0.05, 0.1) is 31.4 Å². The maximum absolute atomic E-state index is 10.9. The van der Waals surface area contributed by atoms with Crippen LogP contribution in [0.5, 0.6) is 0 Å². The zero-order valence-electron chi connectivity index (χ0n) is 20.0. The van der Waals surface area contributed by atoms with Crippen LogP contribution in [0.4, 0.5) is 0 Å². The molecule has 2 atom stereocenters. The summed E-state index contributed by atoms with van der Waals surface area (Å²) in [6.07, 6.45) is 2.53. The first-order chi connectivity index (χ1) is 15.0. The number of benzene rings is 1. The smallest absolute Gasteiger partial charge is 0.191 e. The second kappa shape index (κ2) is 13.7.